The molecule has 4 nitrogen and oxygen atoms in total. The number of amides is 1. The summed E-state index contributed by atoms with van der Waals surface area (Å²) in [7, 11) is 0. The van der Waals surface area contributed by atoms with Gasteiger partial charge in [-0.1, -0.05) is 0 Å². The monoisotopic (exact) mass is 283 g/mol. The van der Waals surface area contributed by atoms with E-state index in [0.717, 1.165) is 23.0 Å². The molecule has 1 aliphatic rings. The first kappa shape index (κ1) is 11.3. The summed E-state index contributed by atoms with van der Waals surface area (Å²) >= 11 is 3.39. The van der Waals surface area contributed by atoms with Gasteiger partial charge in [0.1, 0.15) is 0 Å². The molecule has 86 valence electrons. The lowest BCUT2D eigenvalue weighted by Gasteiger charge is -2.09. The fourth-order valence-electron chi connectivity index (χ4n) is 1.36. The second-order valence-electron chi connectivity index (χ2n) is 3.93. The Morgan fingerprint density at radius 1 is 1.50 bits per heavy atom. The van der Waals surface area contributed by atoms with Crippen molar-refractivity contribution in [2.75, 3.05) is 17.6 Å². The van der Waals surface area contributed by atoms with Gasteiger partial charge in [-0.3, -0.25) is 4.79 Å². The van der Waals surface area contributed by atoms with Crippen LogP contribution in [-0.4, -0.2) is 18.5 Å². The maximum atomic E-state index is 11.4. The zero-order chi connectivity index (χ0) is 11.5. The summed E-state index contributed by atoms with van der Waals surface area (Å²) in [5, 5.41) is 5.97. The Kier molecular flexibility index (Phi) is 3.33. The van der Waals surface area contributed by atoms with Crippen LogP contribution < -0.4 is 16.4 Å². The van der Waals surface area contributed by atoms with E-state index in [-0.39, 0.29) is 5.91 Å². The molecule has 1 aromatic rings. The number of hydrogen-bond acceptors (Lipinski definition) is 3. The highest BCUT2D eigenvalue weighted by molar-refractivity contribution is 9.10. The van der Waals surface area contributed by atoms with E-state index < -0.39 is 0 Å². The Morgan fingerprint density at radius 2 is 2.25 bits per heavy atom. The van der Waals surface area contributed by atoms with Crippen LogP contribution >= 0.6 is 15.9 Å². The molecule has 0 aliphatic heterocycles. The van der Waals surface area contributed by atoms with Crippen molar-refractivity contribution in [3.8, 4) is 0 Å². The number of carbonyl (C=O) groups is 1. The first-order valence-electron chi connectivity index (χ1n) is 5.23. The van der Waals surface area contributed by atoms with Gasteiger partial charge in [0.05, 0.1) is 6.54 Å². The van der Waals surface area contributed by atoms with Crippen molar-refractivity contribution in [2.45, 2.75) is 18.9 Å². The normalized spacial score (nSPS) is 14.6. The summed E-state index contributed by atoms with van der Waals surface area (Å²) < 4.78 is 0.867. The van der Waals surface area contributed by atoms with Crippen molar-refractivity contribution in [1.29, 1.82) is 0 Å². The lowest BCUT2D eigenvalue weighted by molar-refractivity contribution is -0.119. The molecule has 0 radical (unpaired) electrons. The van der Waals surface area contributed by atoms with Crippen LogP contribution in [-0.2, 0) is 4.79 Å². The molecule has 0 spiro atoms. The Bertz CT molecular complexity index is 404. The van der Waals surface area contributed by atoms with E-state index in [0.29, 0.717) is 18.3 Å². The standard InChI is InChI=1S/C11H14BrN3O/c12-9-5-7(13)1-4-10(9)14-6-11(16)15-8-2-3-8/h1,4-5,8,14H,2-3,6,13H2,(H,15,16). The molecule has 1 aliphatic carbocycles. The lowest BCUT2D eigenvalue weighted by Crippen LogP contribution is -2.31. The van der Waals surface area contributed by atoms with Gasteiger partial charge in [0.15, 0.2) is 0 Å². The maximum absolute atomic E-state index is 11.4. The van der Waals surface area contributed by atoms with E-state index in [1.807, 2.05) is 6.07 Å². The van der Waals surface area contributed by atoms with E-state index in [2.05, 4.69) is 26.6 Å². The van der Waals surface area contributed by atoms with E-state index in [4.69, 9.17) is 5.73 Å². The zero-order valence-corrected chi connectivity index (χ0v) is 10.4. The summed E-state index contributed by atoms with van der Waals surface area (Å²) in [5.41, 5.74) is 7.19. The van der Waals surface area contributed by atoms with Crippen LogP contribution in [0.1, 0.15) is 12.8 Å². The van der Waals surface area contributed by atoms with Crippen LogP contribution in [0.2, 0.25) is 0 Å². The molecule has 0 bridgehead atoms. The first-order chi connectivity index (χ1) is 7.65. The zero-order valence-electron chi connectivity index (χ0n) is 8.79. The van der Waals surface area contributed by atoms with Gasteiger partial charge in [-0.15, -0.1) is 0 Å². The third kappa shape index (κ3) is 3.13. The summed E-state index contributed by atoms with van der Waals surface area (Å²) in [6, 6.07) is 5.86. The molecule has 1 amide bonds. The predicted molar refractivity (Wildman–Crippen MR) is 68.2 cm³/mol. The smallest absolute Gasteiger partial charge is 0.239 e. The van der Waals surface area contributed by atoms with Crippen molar-refractivity contribution in [3.63, 3.8) is 0 Å². The Hall–Kier alpha value is -1.23. The molecule has 2 rings (SSSR count). The number of carbonyl (C=O) groups excluding carboxylic acids is 1. The van der Waals surface area contributed by atoms with Crippen LogP contribution in [0, 0.1) is 0 Å². The van der Waals surface area contributed by atoms with Gasteiger partial charge in [0.25, 0.3) is 0 Å². The predicted octanol–water partition coefficient (Wildman–Crippen LogP) is 1.72. The number of halogens is 1. The number of hydrogen-bond donors (Lipinski definition) is 3. The SMILES string of the molecule is Nc1ccc(NCC(=O)NC2CC2)c(Br)c1. The molecule has 0 atom stereocenters. The summed E-state index contributed by atoms with van der Waals surface area (Å²) in [6.07, 6.45) is 2.22. The molecule has 0 saturated heterocycles. The molecule has 1 saturated carbocycles. The molecule has 5 heteroatoms. The Balaban J connectivity index is 1.85. The largest absolute Gasteiger partial charge is 0.399 e. The molecule has 1 fully saturated rings. The number of nitrogens with one attached hydrogen (secondary N) is 2. The molecule has 4 N–H and O–H groups in total. The summed E-state index contributed by atoms with van der Waals surface area (Å²) in [5.74, 6) is 0.0335. The number of rotatable bonds is 4. The number of benzene rings is 1. The average Bonchev–Trinajstić information content (AvgIpc) is 3.00. The highest BCUT2D eigenvalue weighted by atomic mass is 79.9. The molecular formula is C11H14BrN3O. The molecule has 0 unspecified atom stereocenters. The minimum atomic E-state index is 0.0335. The van der Waals surface area contributed by atoms with Crippen molar-refractivity contribution >= 4 is 33.2 Å². The van der Waals surface area contributed by atoms with Crippen LogP contribution in [0.3, 0.4) is 0 Å². The minimum absolute atomic E-state index is 0.0335. The fourth-order valence-corrected chi connectivity index (χ4v) is 1.89. The number of nitrogens with two attached hydrogens (primary N) is 1. The molecule has 0 heterocycles. The van der Waals surface area contributed by atoms with Gasteiger partial charge in [0, 0.05) is 21.9 Å². The van der Waals surface area contributed by atoms with Crippen molar-refractivity contribution < 1.29 is 4.79 Å². The topological polar surface area (TPSA) is 67.1 Å². The van der Waals surface area contributed by atoms with E-state index in [9.17, 15) is 4.79 Å². The fraction of sp³-hybridized carbons (Fsp3) is 0.364. The van der Waals surface area contributed by atoms with Gasteiger partial charge in [-0.25, -0.2) is 0 Å². The van der Waals surface area contributed by atoms with Gasteiger partial charge < -0.3 is 16.4 Å². The highest BCUT2D eigenvalue weighted by Crippen LogP contribution is 2.24. The van der Waals surface area contributed by atoms with Gasteiger partial charge in [-0.05, 0) is 47.0 Å². The maximum Gasteiger partial charge on any atom is 0.239 e. The van der Waals surface area contributed by atoms with Crippen LogP contribution in [0.15, 0.2) is 22.7 Å². The van der Waals surface area contributed by atoms with Crippen LogP contribution in [0.25, 0.3) is 0 Å². The van der Waals surface area contributed by atoms with E-state index in [1.54, 1.807) is 12.1 Å². The second-order valence-corrected chi connectivity index (χ2v) is 4.79. The van der Waals surface area contributed by atoms with Gasteiger partial charge >= 0.3 is 0 Å². The van der Waals surface area contributed by atoms with Crippen LogP contribution in [0.4, 0.5) is 11.4 Å². The molecule has 0 aromatic heterocycles. The third-order valence-electron chi connectivity index (χ3n) is 2.38. The van der Waals surface area contributed by atoms with Gasteiger partial charge in [-0.2, -0.15) is 0 Å². The van der Waals surface area contributed by atoms with Crippen molar-refractivity contribution in [2.24, 2.45) is 0 Å². The quantitative estimate of drug-likeness (QED) is 0.737. The first-order valence-corrected chi connectivity index (χ1v) is 6.03. The van der Waals surface area contributed by atoms with Crippen molar-refractivity contribution in [3.05, 3.63) is 22.7 Å². The average molecular weight is 284 g/mol. The summed E-state index contributed by atoms with van der Waals surface area (Å²) in [4.78, 5) is 11.4. The lowest BCUT2D eigenvalue weighted by atomic mass is 10.3. The molecule has 1 aromatic carbocycles. The number of anilines is 2. The summed E-state index contributed by atoms with van der Waals surface area (Å²) in [6.45, 7) is 0.291. The Labute approximate surface area is 103 Å². The van der Waals surface area contributed by atoms with E-state index in [1.165, 1.54) is 0 Å². The molecule has 16 heavy (non-hydrogen) atoms. The van der Waals surface area contributed by atoms with Gasteiger partial charge in [0.2, 0.25) is 5.91 Å². The van der Waals surface area contributed by atoms with Crippen LogP contribution in [0.5, 0.6) is 0 Å². The second kappa shape index (κ2) is 4.74. The Morgan fingerprint density at radius 3 is 2.88 bits per heavy atom. The van der Waals surface area contributed by atoms with Crippen molar-refractivity contribution in [1.82, 2.24) is 5.32 Å². The number of nitrogen functional groups attached to an aromatic ring is 1. The third-order valence-corrected chi connectivity index (χ3v) is 3.03. The van der Waals surface area contributed by atoms with E-state index >= 15 is 0 Å². The molecular weight excluding hydrogens is 270 g/mol. The minimum Gasteiger partial charge on any atom is -0.399 e. The highest BCUT2D eigenvalue weighted by Gasteiger charge is 2.22.